The second-order valence-corrected chi connectivity index (χ2v) is 9.54. The van der Waals surface area contributed by atoms with E-state index in [1.54, 1.807) is 36.4 Å². The number of primary amides is 1. The van der Waals surface area contributed by atoms with E-state index in [0.717, 1.165) is 0 Å². The van der Waals surface area contributed by atoms with E-state index in [9.17, 15) is 19.2 Å². The van der Waals surface area contributed by atoms with Gasteiger partial charge in [0.2, 0.25) is 30.4 Å². The van der Waals surface area contributed by atoms with Crippen LogP contribution in [0.2, 0.25) is 5.02 Å². The van der Waals surface area contributed by atoms with Gasteiger partial charge >= 0.3 is 0 Å². The number of benzene rings is 2. The van der Waals surface area contributed by atoms with E-state index in [4.69, 9.17) is 26.8 Å². The van der Waals surface area contributed by atoms with Gasteiger partial charge in [0.15, 0.2) is 11.5 Å². The monoisotopic (exact) mass is 496 g/mol. The lowest BCUT2D eigenvalue weighted by molar-refractivity contribution is -0.143. The molecule has 4 unspecified atom stereocenters. The summed E-state index contributed by atoms with van der Waals surface area (Å²) in [6.45, 7) is 0.126. The molecule has 0 aromatic heterocycles. The van der Waals surface area contributed by atoms with Gasteiger partial charge in [-0.3, -0.25) is 29.4 Å². The van der Waals surface area contributed by atoms with Crippen LogP contribution >= 0.6 is 11.6 Å². The third-order valence-corrected chi connectivity index (χ3v) is 7.58. The van der Waals surface area contributed by atoms with Crippen molar-refractivity contribution in [1.29, 1.82) is 0 Å². The Kier molecular flexibility index (Phi) is 4.81. The standard InChI is InChI=1S/C24H21ClN4O6/c25-13-3-1-2-12-20(13)27-23(33)24(12)19-18(14(28-24)5-7-17(26)30)21(31)29(22(19)32)9-11-4-6-15-16(8-11)35-10-34-15/h1-4,6,8,14,18-19,28H,5,7,9-10H2,(H2,26,30)(H,27,33). The fourth-order valence-electron chi connectivity index (χ4n) is 5.78. The highest BCUT2D eigenvalue weighted by atomic mass is 35.5. The summed E-state index contributed by atoms with van der Waals surface area (Å²) < 4.78 is 10.7. The Morgan fingerprint density at radius 3 is 2.74 bits per heavy atom. The van der Waals surface area contributed by atoms with E-state index in [-0.39, 0.29) is 26.2 Å². The second kappa shape index (κ2) is 7.69. The van der Waals surface area contributed by atoms with E-state index < -0.39 is 47.0 Å². The molecule has 2 aromatic rings. The highest BCUT2D eigenvalue weighted by Gasteiger charge is 2.70. The van der Waals surface area contributed by atoms with Crippen LogP contribution in [0.15, 0.2) is 36.4 Å². The number of nitrogens with two attached hydrogens (primary N) is 1. The summed E-state index contributed by atoms with van der Waals surface area (Å²) in [5, 5.41) is 6.37. The summed E-state index contributed by atoms with van der Waals surface area (Å²) >= 11 is 6.34. The average molecular weight is 497 g/mol. The lowest BCUT2D eigenvalue weighted by Crippen LogP contribution is -2.53. The van der Waals surface area contributed by atoms with Crippen molar-refractivity contribution < 1.29 is 28.7 Å². The number of hydrogen-bond acceptors (Lipinski definition) is 7. The van der Waals surface area contributed by atoms with Gasteiger partial charge in [0, 0.05) is 18.0 Å². The molecule has 10 nitrogen and oxygen atoms in total. The first-order chi connectivity index (χ1) is 16.8. The number of fused-ring (bicyclic) bond motifs is 5. The Bertz CT molecular complexity index is 1310. The molecule has 180 valence electrons. The Hall–Kier alpha value is -3.63. The quantitative estimate of drug-likeness (QED) is 0.529. The summed E-state index contributed by atoms with van der Waals surface area (Å²) in [7, 11) is 0. The largest absolute Gasteiger partial charge is 0.454 e. The predicted octanol–water partition coefficient (Wildman–Crippen LogP) is 1.25. The molecule has 4 atom stereocenters. The van der Waals surface area contributed by atoms with Crippen LogP contribution in [-0.2, 0) is 31.3 Å². The summed E-state index contributed by atoms with van der Waals surface area (Å²) in [5.41, 5.74) is 5.49. The van der Waals surface area contributed by atoms with Gasteiger partial charge in [0.05, 0.1) is 29.1 Å². The van der Waals surface area contributed by atoms with Gasteiger partial charge in [0.1, 0.15) is 5.54 Å². The van der Waals surface area contributed by atoms with Crippen LogP contribution < -0.4 is 25.8 Å². The van der Waals surface area contributed by atoms with Gasteiger partial charge in [-0.15, -0.1) is 0 Å². The SMILES string of the molecule is NC(=O)CCC1NC2(C(=O)Nc3c(Cl)cccc32)C2C(=O)N(Cc3ccc4c(c3)OCO4)C(=O)C12. The zero-order valence-corrected chi connectivity index (χ0v) is 19.1. The molecule has 6 rings (SSSR count). The molecule has 2 fully saturated rings. The second-order valence-electron chi connectivity index (χ2n) is 9.13. The number of amides is 4. The number of ether oxygens (including phenoxy) is 2. The smallest absolute Gasteiger partial charge is 0.250 e. The van der Waals surface area contributed by atoms with Gasteiger partial charge in [-0.05, 0) is 30.2 Å². The van der Waals surface area contributed by atoms with Crippen molar-refractivity contribution >= 4 is 40.9 Å². The topological polar surface area (TPSA) is 140 Å². The van der Waals surface area contributed by atoms with Gasteiger partial charge in [-0.25, -0.2) is 0 Å². The van der Waals surface area contributed by atoms with Crippen molar-refractivity contribution in [2.24, 2.45) is 17.6 Å². The van der Waals surface area contributed by atoms with Crippen LogP contribution in [0.1, 0.15) is 24.0 Å². The van der Waals surface area contributed by atoms with Gasteiger partial charge in [-0.2, -0.15) is 0 Å². The van der Waals surface area contributed by atoms with Crippen molar-refractivity contribution in [2.45, 2.75) is 31.0 Å². The first-order valence-corrected chi connectivity index (χ1v) is 11.6. The minimum atomic E-state index is -1.48. The summed E-state index contributed by atoms with van der Waals surface area (Å²) in [6.07, 6.45) is 0.211. The van der Waals surface area contributed by atoms with E-state index in [1.165, 1.54) is 4.90 Å². The molecule has 1 spiro atoms. The van der Waals surface area contributed by atoms with Crippen molar-refractivity contribution in [3.05, 3.63) is 52.5 Å². The summed E-state index contributed by atoms with van der Waals surface area (Å²) in [4.78, 5) is 53.6. The van der Waals surface area contributed by atoms with Crippen LogP contribution in [0.25, 0.3) is 0 Å². The zero-order chi connectivity index (χ0) is 24.5. The fraction of sp³-hybridized carbons (Fsp3) is 0.333. The third-order valence-electron chi connectivity index (χ3n) is 7.27. The summed E-state index contributed by atoms with van der Waals surface area (Å²) in [5.74, 6) is -2.56. The van der Waals surface area contributed by atoms with Crippen molar-refractivity contribution in [1.82, 2.24) is 10.2 Å². The highest BCUT2D eigenvalue weighted by molar-refractivity contribution is 6.35. The molecule has 4 aliphatic rings. The minimum absolute atomic E-state index is 0.00458. The van der Waals surface area contributed by atoms with Gasteiger partial charge < -0.3 is 20.5 Å². The number of para-hydroxylation sites is 1. The molecular weight excluding hydrogens is 476 g/mol. The molecule has 2 saturated heterocycles. The van der Waals surface area contributed by atoms with Crippen LogP contribution in [-0.4, -0.2) is 41.4 Å². The maximum absolute atomic E-state index is 13.8. The Balaban J connectivity index is 1.40. The number of nitrogens with one attached hydrogen (secondary N) is 2. The Morgan fingerprint density at radius 2 is 1.94 bits per heavy atom. The van der Waals surface area contributed by atoms with E-state index >= 15 is 0 Å². The molecule has 4 aliphatic heterocycles. The lowest BCUT2D eigenvalue weighted by Gasteiger charge is -2.29. The van der Waals surface area contributed by atoms with Crippen molar-refractivity contribution in [2.75, 3.05) is 12.1 Å². The number of hydrogen-bond donors (Lipinski definition) is 3. The van der Waals surface area contributed by atoms with E-state index in [1.807, 2.05) is 0 Å². The predicted molar refractivity (Wildman–Crippen MR) is 122 cm³/mol. The van der Waals surface area contributed by atoms with Crippen molar-refractivity contribution in [3.8, 4) is 11.5 Å². The Morgan fingerprint density at radius 1 is 1.14 bits per heavy atom. The molecular formula is C24H21ClN4O6. The molecule has 4 amide bonds. The number of carbonyl (C=O) groups is 4. The molecule has 0 aliphatic carbocycles. The molecule has 0 bridgehead atoms. The number of nitrogens with zero attached hydrogens (tertiary/aromatic N) is 1. The number of imide groups is 1. The van der Waals surface area contributed by atoms with E-state index in [0.29, 0.717) is 33.3 Å². The number of carbonyl (C=O) groups excluding carboxylic acids is 4. The first-order valence-electron chi connectivity index (χ1n) is 11.2. The van der Waals surface area contributed by atoms with Crippen LogP contribution in [0, 0.1) is 11.8 Å². The maximum Gasteiger partial charge on any atom is 0.250 e. The molecule has 4 heterocycles. The first kappa shape index (κ1) is 21.9. The third kappa shape index (κ3) is 3.06. The number of rotatable bonds is 5. The average Bonchev–Trinajstić information content (AvgIpc) is 3.55. The maximum atomic E-state index is 13.8. The molecule has 0 radical (unpaired) electrons. The fourth-order valence-corrected chi connectivity index (χ4v) is 6.00. The minimum Gasteiger partial charge on any atom is -0.454 e. The number of likely N-dealkylation sites (tertiary alicyclic amines) is 1. The Labute approximate surface area is 204 Å². The molecule has 0 saturated carbocycles. The van der Waals surface area contributed by atoms with E-state index in [2.05, 4.69) is 10.6 Å². The molecule has 11 heteroatoms. The zero-order valence-electron chi connectivity index (χ0n) is 18.4. The summed E-state index contributed by atoms with van der Waals surface area (Å²) in [6, 6.07) is 9.67. The van der Waals surface area contributed by atoms with Crippen molar-refractivity contribution in [3.63, 3.8) is 0 Å². The van der Waals surface area contributed by atoms with Gasteiger partial charge in [-0.1, -0.05) is 29.8 Å². The van der Waals surface area contributed by atoms with Crippen LogP contribution in [0.5, 0.6) is 11.5 Å². The van der Waals surface area contributed by atoms with Crippen LogP contribution in [0.4, 0.5) is 5.69 Å². The normalized spacial score (nSPS) is 28.0. The van der Waals surface area contributed by atoms with Gasteiger partial charge in [0.25, 0.3) is 0 Å². The number of anilines is 1. The highest BCUT2D eigenvalue weighted by Crippen LogP contribution is 2.54. The molecule has 35 heavy (non-hydrogen) atoms. The number of halogens is 1. The molecule has 4 N–H and O–H groups in total. The van der Waals surface area contributed by atoms with Crippen LogP contribution in [0.3, 0.4) is 0 Å². The molecule has 2 aromatic carbocycles. The lowest BCUT2D eigenvalue weighted by atomic mass is 9.76.